The molecule has 1 aliphatic heterocycles. The first-order valence-electron chi connectivity index (χ1n) is 4.24. The molecule has 0 unspecified atom stereocenters. The zero-order valence-corrected chi connectivity index (χ0v) is 9.06. The zero-order chi connectivity index (χ0) is 9.31. The SMILES string of the molecule is COC1(Cc2ccc(Br)o2)CNC1. The lowest BCUT2D eigenvalue weighted by Gasteiger charge is -2.40. The third-order valence-corrected chi connectivity index (χ3v) is 2.88. The molecule has 13 heavy (non-hydrogen) atoms. The summed E-state index contributed by atoms with van der Waals surface area (Å²) in [6.07, 6.45) is 0.835. The summed E-state index contributed by atoms with van der Waals surface area (Å²) in [7, 11) is 1.75. The van der Waals surface area contributed by atoms with Gasteiger partial charge in [0.05, 0.1) is 5.60 Å². The monoisotopic (exact) mass is 245 g/mol. The lowest BCUT2D eigenvalue weighted by Crippen LogP contribution is -2.61. The second-order valence-electron chi connectivity index (χ2n) is 3.37. The molecule has 0 saturated carbocycles. The fraction of sp³-hybridized carbons (Fsp3) is 0.556. The van der Waals surface area contributed by atoms with E-state index in [-0.39, 0.29) is 5.60 Å². The van der Waals surface area contributed by atoms with E-state index < -0.39 is 0 Å². The molecular weight excluding hydrogens is 234 g/mol. The van der Waals surface area contributed by atoms with Crippen LogP contribution in [-0.4, -0.2) is 25.8 Å². The highest BCUT2D eigenvalue weighted by Crippen LogP contribution is 2.24. The van der Waals surface area contributed by atoms with Crippen LogP contribution in [0.5, 0.6) is 0 Å². The summed E-state index contributed by atoms with van der Waals surface area (Å²) in [5, 5.41) is 3.20. The number of halogens is 1. The lowest BCUT2D eigenvalue weighted by molar-refractivity contribution is -0.0534. The van der Waals surface area contributed by atoms with Crippen LogP contribution in [0, 0.1) is 0 Å². The first-order chi connectivity index (χ1) is 6.24. The standard InChI is InChI=1S/C9H12BrNO2/c1-12-9(5-11-6-9)4-7-2-3-8(10)13-7/h2-3,11H,4-6H2,1H3. The smallest absolute Gasteiger partial charge is 0.169 e. The van der Waals surface area contributed by atoms with Crippen molar-refractivity contribution in [3.05, 3.63) is 22.6 Å². The van der Waals surface area contributed by atoms with Gasteiger partial charge in [0.2, 0.25) is 0 Å². The van der Waals surface area contributed by atoms with Crippen molar-refractivity contribution >= 4 is 15.9 Å². The summed E-state index contributed by atoms with van der Waals surface area (Å²) in [5.41, 5.74) is -0.0444. The summed E-state index contributed by atoms with van der Waals surface area (Å²) in [4.78, 5) is 0. The summed E-state index contributed by atoms with van der Waals surface area (Å²) in [6.45, 7) is 1.81. The fourth-order valence-electron chi connectivity index (χ4n) is 1.51. The topological polar surface area (TPSA) is 34.4 Å². The highest BCUT2D eigenvalue weighted by molar-refractivity contribution is 9.10. The van der Waals surface area contributed by atoms with Crippen molar-refractivity contribution in [2.45, 2.75) is 12.0 Å². The number of nitrogens with one attached hydrogen (secondary N) is 1. The first-order valence-corrected chi connectivity index (χ1v) is 5.03. The van der Waals surface area contributed by atoms with E-state index in [1.807, 2.05) is 12.1 Å². The van der Waals surface area contributed by atoms with E-state index in [1.54, 1.807) is 7.11 Å². The van der Waals surface area contributed by atoms with Crippen molar-refractivity contribution in [2.24, 2.45) is 0 Å². The van der Waals surface area contributed by atoms with E-state index >= 15 is 0 Å². The van der Waals surface area contributed by atoms with Crippen LogP contribution in [0.4, 0.5) is 0 Å². The van der Waals surface area contributed by atoms with Gasteiger partial charge in [-0.05, 0) is 28.1 Å². The number of ether oxygens (including phenoxy) is 1. The first kappa shape index (κ1) is 9.24. The Hall–Kier alpha value is -0.320. The van der Waals surface area contributed by atoms with Gasteiger partial charge < -0.3 is 14.5 Å². The Morgan fingerprint density at radius 3 is 2.77 bits per heavy atom. The molecule has 0 aromatic carbocycles. The van der Waals surface area contributed by atoms with Crippen LogP contribution in [0.3, 0.4) is 0 Å². The molecule has 0 amide bonds. The summed E-state index contributed by atoms with van der Waals surface area (Å²) in [5.74, 6) is 0.968. The lowest BCUT2D eigenvalue weighted by atomic mass is 9.91. The molecule has 1 aromatic rings. The van der Waals surface area contributed by atoms with Gasteiger partial charge in [-0.2, -0.15) is 0 Å². The van der Waals surface area contributed by atoms with Crippen LogP contribution < -0.4 is 5.32 Å². The van der Waals surface area contributed by atoms with Gasteiger partial charge in [-0.3, -0.25) is 0 Å². The Morgan fingerprint density at radius 1 is 1.62 bits per heavy atom. The largest absolute Gasteiger partial charge is 0.454 e. The Morgan fingerprint density at radius 2 is 2.38 bits per heavy atom. The molecule has 4 heteroatoms. The van der Waals surface area contributed by atoms with E-state index in [1.165, 1.54) is 0 Å². The zero-order valence-electron chi connectivity index (χ0n) is 7.47. The predicted octanol–water partition coefficient (Wildman–Crippen LogP) is 1.57. The average molecular weight is 246 g/mol. The van der Waals surface area contributed by atoms with Crippen molar-refractivity contribution in [1.82, 2.24) is 5.32 Å². The molecule has 3 nitrogen and oxygen atoms in total. The molecule has 0 aliphatic carbocycles. The number of furan rings is 1. The summed E-state index contributed by atoms with van der Waals surface area (Å²) >= 11 is 3.28. The summed E-state index contributed by atoms with van der Waals surface area (Å²) in [6, 6.07) is 3.88. The number of rotatable bonds is 3. The van der Waals surface area contributed by atoms with E-state index in [0.717, 1.165) is 29.9 Å². The second kappa shape index (κ2) is 3.44. The van der Waals surface area contributed by atoms with Crippen LogP contribution >= 0.6 is 15.9 Å². The Labute approximate surface area is 85.6 Å². The van der Waals surface area contributed by atoms with Gasteiger partial charge in [-0.25, -0.2) is 0 Å². The number of methoxy groups -OCH3 is 1. The van der Waals surface area contributed by atoms with Crippen LogP contribution in [-0.2, 0) is 11.2 Å². The van der Waals surface area contributed by atoms with Gasteiger partial charge in [-0.15, -0.1) is 0 Å². The molecule has 72 valence electrons. The third-order valence-electron chi connectivity index (χ3n) is 2.45. The highest BCUT2D eigenvalue weighted by Gasteiger charge is 2.37. The molecule has 0 radical (unpaired) electrons. The van der Waals surface area contributed by atoms with Crippen LogP contribution in [0.1, 0.15) is 5.76 Å². The van der Waals surface area contributed by atoms with Crippen LogP contribution in [0.2, 0.25) is 0 Å². The van der Waals surface area contributed by atoms with Gasteiger partial charge in [0.25, 0.3) is 0 Å². The van der Waals surface area contributed by atoms with Crippen LogP contribution in [0.25, 0.3) is 0 Å². The highest BCUT2D eigenvalue weighted by atomic mass is 79.9. The maximum Gasteiger partial charge on any atom is 0.169 e. The van der Waals surface area contributed by atoms with Gasteiger partial charge in [0.15, 0.2) is 4.67 Å². The molecule has 2 heterocycles. The molecule has 1 fully saturated rings. The Bertz CT molecular complexity index is 288. The van der Waals surface area contributed by atoms with Gasteiger partial charge in [-0.1, -0.05) is 0 Å². The van der Waals surface area contributed by atoms with E-state index in [0.29, 0.717) is 0 Å². The molecular formula is C9H12BrNO2. The van der Waals surface area contributed by atoms with Crippen molar-refractivity contribution in [3.8, 4) is 0 Å². The summed E-state index contributed by atoms with van der Waals surface area (Å²) < 4.78 is 11.7. The number of hydrogen-bond acceptors (Lipinski definition) is 3. The maximum atomic E-state index is 5.45. The van der Waals surface area contributed by atoms with E-state index in [4.69, 9.17) is 9.15 Å². The molecule has 1 N–H and O–H groups in total. The Balaban J connectivity index is 2.04. The normalized spacial score (nSPS) is 19.8. The molecule has 1 aliphatic rings. The molecule has 0 bridgehead atoms. The van der Waals surface area contributed by atoms with E-state index in [9.17, 15) is 0 Å². The second-order valence-corrected chi connectivity index (χ2v) is 4.15. The minimum Gasteiger partial charge on any atom is -0.454 e. The minimum atomic E-state index is -0.0444. The molecule has 0 spiro atoms. The number of hydrogen-bond donors (Lipinski definition) is 1. The fourth-order valence-corrected chi connectivity index (χ4v) is 1.85. The molecule has 2 rings (SSSR count). The molecule has 1 aromatic heterocycles. The quantitative estimate of drug-likeness (QED) is 0.879. The van der Waals surface area contributed by atoms with Crippen molar-refractivity contribution < 1.29 is 9.15 Å². The molecule has 0 atom stereocenters. The average Bonchev–Trinajstić information content (AvgIpc) is 2.44. The van der Waals surface area contributed by atoms with Gasteiger partial charge >= 0.3 is 0 Å². The predicted molar refractivity (Wildman–Crippen MR) is 52.7 cm³/mol. The van der Waals surface area contributed by atoms with Crippen molar-refractivity contribution in [2.75, 3.05) is 20.2 Å². The van der Waals surface area contributed by atoms with E-state index in [2.05, 4.69) is 21.2 Å². The van der Waals surface area contributed by atoms with Crippen LogP contribution in [0.15, 0.2) is 21.2 Å². The molecule has 1 saturated heterocycles. The Kier molecular flexibility index (Phi) is 2.45. The van der Waals surface area contributed by atoms with Gasteiger partial charge in [0, 0.05) is 26.6 Å². The minimum absolute atomic E-state index is 0.0444. The third kappa shape index (κ3) is 1.80. The van der Waals surface area contributed by atoms with Crippen molar-refractivity contribution in [1.29, 1.82) is 0 Å². The van der Waals surface area contributed by atoms with Gasteiger partial charge in [0.1, 0.15) is 5.76 Å². The van der Waals surface area contributed by atoms with Crippen molar-refractivity contribution in [3.63, 3.8) is 0 Å². The maximum absolute atomic E-state index is 5.45.